The molecule has 0 saturated heterocycles. The topological polar surface area (TPSA) is 26.3 Å². The summed E-state index contributed by atoms with van der Waals surface area (Å²) >= 11 is 0. The Morgan fingerprint density at radius 1 is 0.850 bits per heavy atom. The normalized spacial score (nSPS) is 12.3. The molecule has 0 aromatic carbocycles. The molecule has 0 saturated carbocycles. The lowest BCUT2D eigenvalue weighted by Gasteiger charge is -2.10. The molecule has 20 heavy (non-hydrogen) atoms. The Balaban J connectivity index is 3.20. The van der Waals surface area contributed by atoms with Crippen LogP contribution in [0.5, 0.6) is 0 Å². The summed E-state index contributed by atoms with van der Waals surface area (Å²) in [7, 11) is 1.47. The smallest absolute Gasteiger partial charge is 0.305 e. The molecule has 2 heteroatoms. The van der Waals surface area contributed by atoms with Gasteiger partial charge in [0.05, 0.1) is 7.11 Å². The van der Waals surface area contributed by atoms with Crippen LogP contribution in [0.3, 0.4) is 0 Å². The van der Waals surface area contributed by atoms with Gasteiger partial charge in [-0.05, 0) is 12.3 Å². The van der Waals surface area contributed by atoms with Crippen LogP contribution in [0.15, 0.2) is 0 Å². The second-order valence-corrected chi connectivity index (χ2v) is 6.19. The van der Waals surface area contributed by atoms with E-state index in [9.17, 15) is 4.79 Å². The lowest BCUT2D eigenvalue weighted by Crippen LogP contribution is -2.00. The first kappa shape index (κ1) is 19.5. The van der Waals surface area contributed by atoms with E-state index in [2.05, 4.69) is 18.6 Å². The van der Waals surface area contributed by atoms with E-state index >= 15 is 0 Å². The van der Waals surface area contributed by atoms with Crippen LogP contribution in [0.4, 0.5) is 0 Å². The van der Waals surface area contributed by atoms with Crippen molar-refractivity contribution in [1.82, 2.24) is 0 Å². The van der Waals surface area contributed by atoms with Crippen LogP contribution < -0.4 is 0 Å². The molecule has 0 spiro atoms. The third-order valence-corrected chi connectivity index (χ3v) is 4.11. The van der Waals surface area contributed by atoms with Gasteiger partial charge in [-0.1, -0.05) is 84.5 Å². The van der Waals surface area contributed by atoms with E-state index in [0.29, 0.717) is 6.42 Å². The number of methoxy groups -OCH3 is 1. The van der Waals surface area contributed by atoms with E-state index in [4.69, 9.17) is 0 Å². The predicted molar refractivity (Wildman–Crippen MR) is 86.9 cm³/mol. The van der Waals surface area contributed by atoms with Crippen molar-refractivity contribution in [2.75, 3.05) is 7.11 Å². The number of hydrogen-bond acceptors (Lipinski definition) is 2. The van der Waals surface area contributed by atoms with E-state index in [1.54, 1.807) is 0 Å². The van der Waals surface area contributed by atoms with Gasteiger partial charge in [-0.2, -0.15) is 0 Å². The van der Waals surface area contributed by atoms with Crippen molar-refractivity contribution in [3.8, 4) is 0 Å². The average molecular weight is 284 g/mol. The first-order valence-corrected chi connectivity index (χ1v) is 8.77. The molecule has 0 aromatic rings. The highest BCUT2D eigenvalue weighted by Crippen LogP contribution is 2.18. The lowest BCUT2D eigenvalue weighted by molar-refractivity contribution is -0.140. The van der Waals surface area contributed by atoms with Crippen LogP contribution in [-0.2, 0) is 9.53 Å². The number of ether oxygens (including phenoxy) is 1. The van der Waals surface area contributed by atoms with Gasteiger partial charge in [0.25, 0.3) is 0 Å². The molecule has 0 aliphatic carbocycles. The largest absolute Gasteiger partial charge is 0.469 e. The predicted octanol–water partition coefficient (Wildman–Crippen LogP) is 5.89. The Morgan fingerprint density at radius 2 is 1.35 bits per heavy atom. The molecule has 0 aliphatic rings. The first-order chi connectivity index (χ1) is 9.70. The van der Waals surface area contributed by atoms with Crippen LogP contribution in [0, 0.1) is 5.92 Å². The Kier molecular flexibility index (Phi) is 14.5. The van der Waals surface area contributed by atoms with E-state index in [-0.39, 0.29) is 5.97 Å². The minimum atomic E-state index is -0.0688. The van der Waals surface area contributed by atoms with Crippen LogP contribution in [-0.4, -0.2) is 13.1 Å². The number of hydrogen-bond donors (Lipinski definition) is 0. The fraction of sp³-hybridized carbons (Fsp3) is 0.944. The third kappa shape index (κ3) is 13.9. The lowest BCUT2D eigenvalue weighted by atomic mass is 9.96. The number of unbranched alkanes of at least 4 members (excludes halogenated alkanes) is 8. The zero-order chi connectivity index (χ0) is 15.1. The molecule has 120 valence electrons. The Morgan fingerprint density at radius 3 is 1.90 bits per heavy atom. The number of carbonyl (C=O) groups is 1. The second-order valence-electron chi connectivity index (χ2n) is 6.19. The number of carbonyl (C=O) groups excluding carboxylic acids is 1. The van der Waals surface area contributed by atoms with Crippen LogP contribution in [0.1, 0.15) is 97.3 Å². The van der Waals surface area contributed by atoms with Crippen LogP contribution in [0.2, 0.25) is 0 Å². The van der Waals surface area contributed by atoms with Crippen molar-refractivity contribution in [1.29, 1.82) is 0 Å². The summed E-state index contributed by atoms with van der Waals surface area (Å²) in [5.74, 6) is 0.744. The highest BCUT2D eigenvalue weighted by molar-refractivity contribution is 5.68. The van der Waals surface area contributed by atoms with Crippen molar-refractivity contribution in [3.05, 3.63) is 0 Å². The molecule has 0 aromatic heterocycles. The van der Waals surface area contributed by atoms with Crippen LogP contribution in [0.25, 0.3) is 0 Å². The fourth-order valence-corrected chi connectivity index (χ4v) is 2.64. The van der Waals surface area contributed by atoms with E-state index < -0.39 is 0 Å². The Bertz CT molecular complexity index is 213. The second kappa shape index (κ2) is 14.9. The Labute approximate surface area is 126 Å². The molecule has 0 amide bonds. The summed E-state index contributed by atoms with van der Waals surface area (Å²) in [6, 6.07) is 0. The first-order valence-electron chi connectivity index (χ1n) is 8.77. The maximum atomic E-state index is 11.0. The highest BCUT2D eigenvalue weighted by atomic mass is 16.5. The SMILES string of the molecule is CCCCCCCCCCC(C)CCCCC(=O)OC. The summed E-state index contributed by atoms with van der Waals surface area (Å²) in [6.45, 7) is 4.62. The minimum absolute atomic E-state index is 0.0688. The third-order valence-electron chi connectivity index (χ3n) is 4.11. The maximum Gasteiger partial charge on any atom is 0.305 e. The van der Waals surface area contributed by atoms with Gasteiger partial charge in [0.2, 0.25) is 0 Å². The molecule has 0 heterocycles. The average Bonchev–Trinajstić information content (AvgIpc) is 2.46. The quantitative estimate of drug-likeness (QED) is 0.294. The van der Waals surface area contributed by atoms with Gasteiger partial charge in [-0.15, -0.1) is 0 Å². The zero-order valence-corrected chi connectivity index (χ0v) is 14.1. The minimum Gasteiger partial charge on any atom is -0.469 e. The molecular weight excluding hydrogens is 248 g/mol. The van der Waals surface area contributed by atoms with Gasteiger partial charge in [-0.25, -0.2) is 0 Å². The Hall–Kier alpha value is -0.530. The van der Waals surface area contributed by atoms with Gasteiger partial charge >= 0.3 is 5.97 Å². The van der Waals surface area contributed by atoms with Crippen LogP contribution >= 0.6 is 0 Å². The van der Waals surface area contributed by atoms with Gasteiger partial charge in [0.15, 0.2) is 0 Å². The fourth-order valence-electron chi connectivity index (χ4n) is 2.64. The standard InChI is InChI=1S/C18H36O2/c1-4-5-6-7-8-9-10-11-14-17(2)15-12-13-16-18(19)20-3/h17H,4-16H2,1-3H3. The molecule has 0 rings (SSSR count). The molecule has 0 N–H and O–H groups in total. The summed E-state index contributed by atoms with van der Waals surface area (Å²) < 4.78 is 4.65. The van der Waals surface area contributed by atoms with E-state index in [1.165, 1.54) is 71.3 Å². The monoisotopic (exact) mass is 284 g/mol. The summed E-state index contributed by atoms with van der Waals surface area (Å²) in [5, 5.41) is 0. The maximum absolute atomic E-state index is 11.0. The molecule has 1 atom stereocenters. The van der Waals surface area contributed by atoms with E-state index in [1.807, 2.05) is 0 Å². The van der Waals surface area contributed by atoms with Gasteiger partial charge < -0.3 is 4.74 Å². The van der Waals surface area contributed by atoms with Crippen molar-refractivity contribution in [2.45, 2.75) is 97.3 Å². The number of esters is 1. The molecule has 2 nitrogen and oxygen atoms in total. The summed E-state index contributed by atoms with van der Waals surface area (Å²) in [6.07, 6.45) is 16.6. The van der Waals surface area contributed by atoms with Crippen molar-refractivity contribution in [2.24, 2.45) is 5.92 Å². The molecule has 1 unspecified atom stereocenters. The molecule has 0 aliphatic heterocycles. The zero-order valence-electron chi connectivity index (χ0n) is 14.1. The van der Waals surface area contributed by atoms with Gasteiger partial charge in [0, 0.05) is 6.42 Å². The molecule has 0 radical (unpaired) electrons. The molecule has 0 bridgehead atoms. The van der Waals surface area contributed by atoms with E-state index in [0.717, 1.165) is 18.8 Å². The molecular formula is C18H36O2. The molecule has 0 fully saturated rings. The highest BCUT2D eigenvalue weighted by Gasteiger charge is 2.04. The van der Waals surface area contributed by atoms with Crippen molar-refractivity contribution < 1.29 is 9.53 Å². The summed E-state index contributed by atoms with van der Waals surface area (Å²) in [4.78, 5) is 11.0. The van der Waals surface area contributed by atoms with Crippen molar-refractivity contribution in [3.63, 3.8) is 0 Å². The van der Waals surface area contributed by atoms with Crippen molar-refractivity contribution >= 4 is 5.97 Å². The van der Waals surface area contributed by atoms with Gasteiger partial charge in [0.1, 0.15) is 0 Å². The number of rotatable bonds is 14. The summed E-state index contributed by atoms with van der Waals surface area (Å²) in [5.41, 5.74) is 0. The van der Waals surface area contributed by atoms with Gasteiger partial charge in [-0.3, -0.25) is 4.79 Å².